The molecule has 0 bridgehead atoms. The Balaban J connectivity index is 1.94. The highest BCUT2D eigenvalue weighted by molar-refractivity contribution is 5.44. The number of hydrogen-bond donors (Lipinski definition) is 1. The van der Waals surface area contributed by atoms with Crippen molar-refractivity contribution in [3.05, 3.63) is 40.3 Å². The fraction of sp³-hybridized carbons (Fsp3) is 0.300. The number of nitrogens with one attached hydrogen (secondary N) is 1. The van der Waals surface area contributed by atoms with Crippen LogP contribution in [0.1, 0.15) is 5.69 Å². The molecule has 2 aromatic rings. The highest BCUT2D eigenvalue weighted by atomic mass is 16.6. The summed E-state index contributed by atoms with van der Waals surface area (Å²) in [5.41, 5.74) is 0.419. The molecule has 0 amide bonds. The van der Waals surface area contributed by atoms with Crippen molar-refractivity contribution in [3.63, 3.8) is 0 Å². The maximum Gasteiger partial charge on any atom is 0.290 e. The average molecular weight is 248 g/mol. The van der Waals surface area contributed by atoms with Gasteiger partial charge in [0, 0.05) is 18.8 Å². The molecule has 0 radical (unpaired) electrons. The topological polar surface area (TPSA) is 98.8 Å². The lowest BCUT2D eigenvalue weighted by atomic mass is 10.3. The molecule has 0 saturated heterocycles. The van der Waals surface area contributed by atoms with Gasteiger partial charge in [0.1, 0.15) is 11.5 Å². The van der Waals surface area contributed by atoms with Crippen molar-refractivity contribution in [2.24, 2.45) is 0 Å². The van der Waals surface area contributed by atoms with Crippen molar-refractivity contribution in [3.8, 4) is 0 Å². The second-order valence-corrected chi connectivity index (χ2v) is 3.65. The molecule has 1 N–H and O–H groups in total. The van der Waals surface area contributed by atoms with Crippen molar-refractivity contribution < 1.29 is 4.92 Å². The van der Waals surface area contributed by atoms with E-state index < -0.39 is 4.92 Å². The summed E-state index contributed by atoms with van der Waals surface area (Å²) in [6, 6.07) is 3.03. The fourth-order valence-corrected chi connectivity index (χ4v) is 1.50. The van der Waals surface area contributed by atoms with Crippen molar-refractivity contribution in [1.82, 2.24) is 20.0 Å². The van der Waals surface area contributed by atoms with E-state index in [1.165, 1.54) is 6.07 Å². The molecule has 2 heterocycles. The Hall–Kier alpha value is -2.51. The van der Waals surface area contributed by atoms with Gasteiger partial charge in [0.05, 0.1) is 17.7 Å². The Morgan fingerprint density at radius 2 is 2.33 bits per heavy atom. The zero-order valence-electron chi connectivity index (χ0n) is 9.78. The Bertz CT molecular complexity index is 539. The predicted octanol–water partition coefficient (Wildman–Crippen LogP) is 1.00. The van der Waals surface area contributed by atoms with Crippen LogP contribution in [0.15, 0.2) is 24.5 Å². The summed E-state index contributed by atoms with van der Waals surface area (Å²) in [6.07, 6.45) is 3.37. The normalized spacial score (nSPS) is 10.3. The molecule has 8 nitrogen and oxygen atoms in total. The summed E-state index contributed by atoms with van der Waals surface area (Å²) in [5, 5.41) is 21.2. The molecule has 0 atom stereocenters. The summed E-state index contributed by atoms with van der Waals surface area (Å²) < 4.78 is 1.69. The monoisotopic (exact) mass is 248 g/mol. The third-order valence-corrected chi connectivity index (χ3v) is 2.37. The van der Waals surface area contributed by atoms with Crippen LogP contribution in [0.4, 0.5) is 11.5 Å². The van der Waals surface area contributed by atoms with Gasteiger partial charge in [0.2, 0.25) is 0 Å². The van der Waals surface area contributed by atoms with Crippen LogP contribution >= 0.6 is 0 Å². The van der Waals surface area contributed by atoms with Crippen LogP contribution in [0.25, 0.3) is 0 Å². The van der Waals surface area contributed by atoms with E-state index in [4.69, 9.17) is 0 Å². The van der Waals surface area contributed by atoms with Crippen molar-refractivity contribution in [1.29, 1.82) is 0 Å². The van der Waals surface area contributed by atoms with Gasteiger partial charge in [0.25, 0.3) is 5.69 Å². The molecular formula is C10H12N6O2. The van der Waals surface area contributed by atoms with Gasteiger partial charge in [-0.3, -0.25) is 14.8 Å². The van der Waals surface area contributed by atoms with Crippen molar-refractivity contribution in [2.75, 3.05) is 11.9 Å². The van der Waals surface area contributed by atoms with Crippen LogP contribution in [0, 0.1) is 17.0 Å². The fourth-order valence-electron chi connectivity index (χ4n) is 1.50. The predicted molar refractivity (Wildman–Crippen MR) is 64.1 cm³/mol. The summed E-state index contributed by atoms with van der Waals surface area (Å²) in [5.74, 6) is 0.609. The molecule has 0 saturated carbocycles. The minimum Gasteiger partial charge on any atom is -0.368 e. The summed E-state index contributed by atoms with van der Waals surface area (Å²) in [6.45, 7) is 2.88. The zero-order chi connectivity index (χ0) is 13.0. The maximum atomic E-state index is 10.6. The number of nitro groups is 1. The first-order valence-corrected chi connectivity index (χ1v) is 5.37. The van der Waals surface area contributed by atoms with Crippen LogP contribution in [0.5, 0.6) is 0 Å². The van der Waals surface area contributed by atoms with E-state index in [-0.39, 0.29) is 5.69 Å². The lowest BCUT2D eigenvalue weighted by molar-refractivity contribution is -0.385. The number of aromatic nitrogens is 4. The Kier molecular flexibility index (Phi) is 3.46. The van der Waals surface area contributed by atoms with Crippen LogP contribution in [0.2, 0.25) is 0 Å². The maximum absolute atomic E-state index is 10.6. The first-order valence-electron chi connectivity index (χ1n) is 5.37. The molecule has 0 fully saturated rings. The molecule has 94 valence electrons. The molecule has 0 unspecified atom stereocenters. The van der Waals surface area contributed by atoms with E-state index in [9.17, 15) is 10.1 Å². The van der Waals surface area contributed by atoms with Gasteiger partial charge in [-0.1, -0.05) is 5.21 Å². The van der Waals surface area contributed by atoms with Crippen LogP contribution < -0.4 is 5.32 Å². The SMILES string of the molecule is Cc1nc(NCCn2ccnn2)ccc1[N+](=O)[O-]. The summed E-state index contributed by atoms with van der Waals surface area (Å²) in [7, 11) is 0. The molecule has 0 aliphatic heterocycles. The second-order valence-electron chi connectivity index (χ2n) is 3.65. The van der Waals surface area contributed by atoms with Gasteiger partial charge in [0.15, 0.2) is 0 Å². The largest absolute Gasteiger partial charge is 0.368 e. The Labute approximate surface area is 103 Å². The minimum absolute atomic E-state index is 0.0248. The molecule has 0 aliphatic carbocycles. The minimum atomic E-state index is -0.443. The van der Waals surface area contributed by atoms with Crippen molar-refractivity contribution >= 4 is 11.5 Å². The third-order valence-electron chi connectivity index (χ3n) is 2.37. The van der Waals surface area contributed by atoms with E-state index in [1.54, 1.807) is 30.1 Å². The van der Waals surface area contributed by atoms with Crippen LogP contribution in [-0.4, -0.2) is 31.4 Å². The van der Waals surface area contributed by atoms with Gasteiger partial charge < -0.3 is 5.32 Å². The third kappa shape index (κ3) is 2.78. The summed E-state index contributed by atoms with van der Waals surface area (Å²) >= 11 is 0. The van der Waals surface area contributed by atoms with Gasteiger partial charge in [-0.05, 0) is 13.0 Å². The quantitative estimate of drug-likeness (QED) is 0.626. The molecule has 2 aromatic heterocycles. The molecule has 0 aliphatic rings. The Morgan fingerprint density at radius 1 is 1.50 bits per heavy atom. The highest BCUT2D eigenvalue weighted by Gasteiger charge is 2.11. The smallest absolute Gasteiger partial charge is 0.290 e. The van der Waals surface area contributed by atoms with Gasteiger partial charge in [-0.2, -0.15) is 0 Å². The molecule has 8 heteroatoms. The zero-order valence-corrected chi connectivity index (χ0v) is 9.78. The summed E-state index contributed by atoms with van der Waals surface area (Å²) in [4.78, 5) is 14.3. The van der Waals surface area contributed by atoms with E-state index in [1.807, 2.05) is 0 Å². The molecule has 0 spiro atoms. The molecule has 18 heavy (non-hydrogen) atoms. The number of hydrogen-bond acceptors (Lipinski definition) is 6. The standard InChI is InChI=1S/C10H12N6O2/c1-8-9(16(17)18)2-3-10(13-8)11-4-6-15-7-5-12-14-15/h2-3,5,7H,4,6H2,1H3,(H,11,13). The van der Waals surface area contributed by atoms with Crippen LogP contribution in [-0.2, 0) is 6.54 Å². The molecule has 0 aromatic carbocycles. The molecular weight excluding hydrogens is 236 g/mol. The lowest BCUT2D eigenvalue weighted by Gasteiger charge is -2.06. The van der Waals surface area contributed by atoms with E-state index in [0.29, 0.717) is 24.6 Å². The lowest BCUT2D eigenvalue weighted by Crippen LogP contribution is -2.12. The Morgan fingerprint density at radius 3 is 2.94 bits per heavy atom. The number of anilines is 1. The first-order chi connectivity index (χ1) is 8.66. The van der Waals surface area contributed by atoms with Gasteiger partial charge >= 0.3 is 0 Å². The molecule has 2 rings (SSSR count). The number of aryl methyl sites for hydroxylation is 1. The highest BCUT2D eigenvalue weighted by Crippen LogP contribution is 2.17. The second kappa shape index (κ2) is 5.21. The van der Waals surface area contributed by atoms with E-state index in [2.05, 4.69) is 20.6 Å². The van der Waals surface area contributed by atoms with Crippen molar-refractivity contribution in [2.45, 2.75) is 13.5 Å². The van der Waals surface area contributed by atoms with Gasteiger partial charge in [-0.25, -0.2) is 4.98 Å². The van der Waals surface area contributed by atoms with Gasteiger partial charge in [-0.15, -0.1) is 5.10 Å². The van der Waals surface area contributed by atoms with Crippen LogP contribution in [0.3, 0.4) is 0 Å². The number of nitrogens with zero attached hydrogens (tertiary/aromatic N) is 5. The van der Waals surface area contributed by atoms with E-state index in [0.717, 1.165) is 0 Å². The number of rotatable bonds is 5. The average Bonchev–Trinajstić information content (AvgIpc) is 2.81. The van der Waals surface area contributed by atoms with E-state index >= 15 is 0 Å². The first kappa shape index (κ1) is 12.0. The number of pyridine rings is 1.